The number of nitrogens with zero attached hydrogens (tertiary/aromatic N) is 2. The lowest BCUT2D eigenvalue weighted by Gasteiger charge is -2.26. The van der Waals surface area contributed by atoms with Crippen LogP contribution in [0, 0.1) is 0 Å². The van der Waals surface area contributed by atoms with Crippen molar-refractivity contribution in [3.63, 3.8) is 0 Å². The highest BCUT2D eigenvalue weighted by molar-refractivity contribution is 6.26. The van der Waals surface area contributed by atoms with Crippen LogP contribution in [0.5, 0.6) is 0 Å². The number of anilines is 2. The van der Waals surface area contributed by atoms with Crippen molar-refractivity contribution in [1.29, 1.82) is 0 Å². The molecule has 0 unspecified atom stereocenters. The van der Waals surface area contributed by atoms with E-state index in [4.69, 9.17) is 0 Å². The zero-order chi connectivity index (χ0) is 19.8. The first-order valence-corrected chi connectivity index (χ1v) is 8.91. The molecule has 0 radical (unpaired) electrons. The predicted molar refractivity (Wildman–Crippen MR) is 109 cm³/mol. The normalized spacial score (nSPS) is 13.0. The number of carbonyl (C=O) groups is 3. The van der Waals surface area contributed by atoms with Gasteiger partial charge in [-0.3, -0.25) is 19.3 Å². The van der Waals surface area contributed by atoms with E-state index in [1.165, 1.54) is 0 Å². The smallest absolute Gasteiger partial charge is 0.261 e. The van der Waals surface area contributed by atoms with Gasteiger partial charge < -0.3 is 10.2 Å². The van der Waals surface area contributed by atoms with E-state index < -0.39 is 17.7 Å². The number of hydrogen-bond acceptors (Lipinski definition) is 4. The predicted octanol–water partition coefficient (Wildman–Crippen LogP) is 3.14. The average Bonchev–Trinajstić information content (AvgIpc) is 2.69. The Morgan fingerprint density at radius 1 is 0.893 bits per heavy atom. The Morgan fingerprint density at radius 3 is 2.00 bits per heavy atom. The molecule has 0 fully saturated rings. The molecule has 140 valence electrons. The number of carbonyl (C=O) groups excluding carboxylic acids is 3. The van der Waals surface area contributed by atoms with Crippen molar-refractivity contribution in [3.8, 4) is 0 Å². The Labute approximate surface area is 162 Å². The highest BCUT2D eigenvalue weighted by Gasteiger charge is 2.33. The third kappa shape index (κ3) is 2.99. The van der Waals surface area contributed by atoms with Crippen LogP contribution in [0.4, 0.5) is 11.4 Å². The number of amides is 3. The Bertz CT molecular complexity index is 1050. The summed E-state index contributed by atoms with van der Waals surface area (Å²) in [6.45, 7) is -0.335. The number of benzene rings is 3. The van der Waals surface area contributed by atoms with Gasteiger partial charge in [-0.25, -0.2) is 0 Å². The summed E-state index contributed by atoms with van der Waals surface area (Å²) >= 11 is 0. The number of nitrogens with one attached hydrogen (secondary N) is 1. The fourth-order valence-corrected chi connectivity index (χ4v) is 3.41. The van der Waals surface area contributed by atoms with Crippen LogP contribution < -0.4 is 10.2 Å². The minimum absolute atomic E-state index is 0.335. The molecule has 0 saturated carbocycles. The van der Waals surface area contributed by atoms with Crippen molar-refractivity contribution >= 4 is 39.9 Å². The maximum atomic E-state index is 12.8. The third-order valence-corrected chi connectivity index (χ3v) is 4.83. The molecule has 1 aliphatic heterocycles. The second kappa shape index (κ2) is 6.81. The van der Waals surface area contributed by atoms with Crippen LogP contribution in [-0.4, -0.2) is 43.3 Å². The standard InChI is InChI=1S/C22H19N3O3/c1-24(2)16-11-9-15(10-12-16)23-19(26)13-25-21(27)17-7-3-5-14-6-4-8-18(20(14)17)22(25)28/h3-12H,13H2,1-2H3,(H,23,26). The largest absolute Gasteiger partial charge is 0.378 e. The summed E-state index contributed by atoms with van der Waals surface area (Å²) < 4.78 is 0. The molecule has 1 aliphatic rings. The Morgan fingerprint density at radius 2 is 1.46 bits per heavy atom. The van der Waals surface area contributed by atoms with Gasteiger partial charge in [-0.15, -0.1) is 0 Å². The van der Waals surface area contributed by atoms with Gasteiger partial charge in [0.2, 0.25) is 5.91 Å². The van der Waals surface area contributed by atoms with Gasteiger partial charge in [0.15, 0.2) is 0 Å². The summed E-state index contributed by atoms with van der Waals surface area (Å²) in [6.07, 6.45) is 0. The third-order valence-electron chi connectivity index (χ3n) is 4.83. The van der Waals surface area contributed by atoms with Crippen LogP contribution in [0.1, 0.15) is 20.7 Å². The van der Waals surface area contributed by atoms with Gasteiger partial charge >= 0.3 is 0 Å². The summed E-state index contributed by atoms with van der Waals surface area (Å²) in [4.78, 5) is 41.1. The van der Waals surface area contributed by atoms with E-state index >= 15 is 0 Å². The summed E-state index contributed by atoms with van der Waals surface area (Å²) in [5.41, 5.74) is 2.49. The molecule has 1 heterocycles. The van der Waals surface area contributed by atoms with Gasteiger partial charge in [0, 0.05) is 42.0 Å². The molecule has 0 saturated heterocycles. The van der Waals surface area contributed by atoms with Gasteiger partial charge in [-0.2, -0.15) is 0 Å². The molecular weight excluding hydrogens is 354 g/mol. The van der Waals surface area contributed by atoms with Crippen LogP contribution in [0.3, 0.4) is 0 Å². The molecule has 6 heteroatoms. The maximum Gasteiger partial charge on any atom is 0.261 e. The van der Waals surface area contributed by atoms with Gasteiger partial charge in [0.25, 0.3) is 11.8 Å². The molecule has 0 aliphatic carbocycles. The van der Waals surface area contributed by atoms with E-state index in [0.717, 1.165) is 16.0 Å². The van der Waals surface area contributed by atoms with Crippen molar-refractivity contribution in [2.45, 2.75) is 0 Å². The van der Waals surface area contributed by atoms with E-state index in [2.05, 4.69) is 5.32 Å². The van der Waals surface area contributed by atoms with Crippen LogP contribution in [0.25, 0.3) is 10.8 Å². The summed E-state index contributed by atoms with van der Waals surface area (Å²) in [7, 11) is 3.86. The molecule has 0 spiro atoms. The van der Waals surface area contributed by atoms with Gasteiger partial charge in [-0.05, 0) is 41.8 Å². The number of rotatable bonds is 4. The first kappa shape index (κ1) is 17.7. The van der Waals surface area contributed by atoms with E-state index in [1.54, 1.807) is 36.4 Å². The molecule has 3 amide bonds. The van der Waals surface area contributed by atoms with Crippen LogP contribution in [0.2, 0.25) is 0 Å². The first-order chi connectivity index (χ1) is 13.5. The van der Waals surface area contributed by atoms with Crippen molar-refractivity contribution in [2.24, 2.45) is 0 Å². The maximum absolute atomic E-state index is 12.8. The molecule has 28 heavy (non-hydrogen) atoms. The van der Waals surface area contributed by atoms with Crippen LogP contribution >= 0.6 is 0 Å². The molecular formula is C22H19N3O3. The zero-order valence-corrected chi connectivity index (χ0v) is 15.6. The van der Waals surface area contributed by atoms with E-state index in [0.29, 0.717) is 22.2 Å². The quantitative estimate of drug-likeness (QED) is 0.714. The minimum Gasteiger partial charge on any atom is -0.378 e. The molecule has 3 aromatic carbocycles. The van der Waals surface area contributed by atoms with Crippen molar-refractivity contribution in [2.75, 3.05) is 30.9 Å². The molecule has 0 bridgehead atoms. The fourth-order valence-electron chi connectivity index (χ4n) is 3.41. The van der Waals surface area contributed by atoms with Crippen LogP contribution in [0.15, 0.2) is 60.7 Å². The van der Waals surface area contributed by atoms with E-state index in [-0.39, 0.29) is 6.54 Å². The van der Waals surface area contributed by atoms with Crippen molar-refractivity contribution in [1.82, 2.24) is 4.90 Å². The Balaban J connectivity index is 1.56. The molecule has 0 aromatic heterocycles. The van der Waals surface area contributed by atoms with Crippen molar-refractivity contribution < 1.29 is 14.4 Å². The van der Waals surface area contributed by atoms with Gasteiger partial charge in [0.1, 0.15) is 6.54 Å². The van der Waals surface area contributed by atoms with E-state index in [9.17, 15) is 14.4 Å². The van der Waals surface area contributed by atoms with Crippen LogP contribution in [-0.2, 0) is 4.79 Å². The highest BCUT2D eigenvalue weighted by atomic mass is 16.2. The second-order valence-electron chi connectivity index (χ2n) is 6.90. The SMILES string of the molecule is CN(C)c1ccc(NC(=O)CN2C(=O)c3cccc4cccc(c34)C2=O)cc1. The number of imide groups is 1. The Hall–Kier alpha value is -3.67. The van der Waals surface area contributed by atoms with E-state index in [1.807, 2.05) is 43.3 Å². The zero-order valence-electron chi connectivity index (χ0n) is 15.6. The lowest BCUT2D eigenvalue weighted by atomic mass is 9.94. The molecule has 6 nitrogen and oxygen atoms in total. The van der Waals surface area contributed by atoms with Gasteiger partial charge in [0.05, 0.1) is 0 Å². The molecule has 3 aromatic rings. The molecule has 0 atom stereocenters. The second-order valence-corrected chi connectivity index (χ2v) is 6.90. The Kier molecular flexibility index (Phi) is 4.31. The minimum atomic E-state index is -0.451. The van der Waals surface area contributed by atoms with Gasteiger partial charge in [-0.1, -0.05) is 24.3 Å². The first-order valence-electron chi connectivity index (χ1n) is 8.91. The lowest BCUT2D eigenvalue weighted by molar-refractivity contribution is -0.116. The molecule has 4 rings (SSSR count). The average molecular weight is 373 g/mol. The topological polar surface area (TPSA) is 69.7 Å². The summed E-state index contributed by atoms with van der Waals surface area (Å²) in [6, 6.07) is 18.0. The van der Waals surface area contributed by atoms with Crippen molar-refractivity contribution in [3.05, 3.63) is 71.8 Å². The monoisotopic (exact) mass is 373 g/mol. The highest BCUT2D eigenvalue weighted by Crippen LogP contribution is 2.29. The lowest BCUT2D eigenvalue weighted by Crippen LogP contribution is -2.44. The summed E-state index contributed by atoms with van der Waals surface area (Å²) in [5.74, 6) is -1.33. The number of hydrogen-bond donors (Lipinski definition) is 1. The summed E-state index contributed by atoms with van der Waals surface area (Å²) in [5, 5.41) is 4.23. The fraction of sp³-hybridized carbons (Fsp3) is 0.136. The molecule has 1 N–H and O–H groups in total.